The molecule has 0 fully saturated rings. The molecule has 0 aliphatic rings. The highest BCUT2D eigenvalue weighted by molar-refractivity contribution is 7.16. The monoisotopic (exact) mass is 293 g/mol. The van der Waals surface area contributed by atoms with Crippen LogP contribution in [0.2, 0.25) is 0 Å². The van der Waals surface area contributed by atoms with Gasteiger partial charge < -0.3 is 9.47 Å². The van der Waals surface area contributed by atoms with Crippen LogP contribution in [-0.4, -0.2) is 24.6 Å². The van der Waals surface area contributed by atoms with Gasteiger partial charge in [-0.05, 0) is 25.1 Å². The molecule has 2 aromatic rings. The largest absolute Gasteiger partial charge is 0.493 e. The first-order valence-corrected chi connectivity index (χ1v) is 6.79. The number of carbonyl (C=O) groups excluding carboxylic acids is 1. The molecule has 0 atom stereocenters. The van der Waals surface area contributed by atoms with Gasteiger partial charge in [0.05, 0.1) is 19.9 Å². The van der Waals surface area contributed by atoms with Gasteiger partial charge in [-0.2, -0.15) is 0 Å². The number of ether oxygens (including phenoxy) is 2. The van der Waals surface area contributed by atoms with Crippen molar-refractivity contribution in [1.29, 1.82) is 0 Å². The van der Waals surface area contributed by atoms with Gasteiger partial charge >= 0.3 is 0 Å². The Labute approximate surface area is 120 Å². The molecule has 1 amide bonds. The molecule has 1 aromatic carbocycles. The molecule has 2 rings (SSSR count). The molecule has 6 nitrogen and oxygen atoms in total. The zero-order valence-electron chi connectivity index (χ0n) is 11.2. The van der Waals surface area contributed by atoms with Crippen LogP contribution in [0.3, 0.4) is 0 Å². The van der Waals surface area contributed by atoms with E-state index in [1.807, 2.05) is 25.1 Å². The molecule has 0 bridgehead atoms. The zero-order valence-corrected chi connectivity index (χ0v) is 12.0. The Balaban J connectivity index is 2.33. The van der Waals surface area contributed by atoms with Crippen LogP contribution < -0.4 is 20.7 Å². The van der Waals surface area contributed by atoms with Gasteiger partial charge in [-0.25, -0.2) is 10.8 Å². The normalized spacial score (nSPS) is 10.2. The number of hydrogen-bond acceptors (Lipinski definition) is 6. The number of methoxy groups -OCH3 is 1. The Hall–Kier alpha value is -2.12. The summed E-state index contributed by atoms with van der Waals surface area (Å²) >= 11 is 1.26. The van der Waals surface area contributed by atoms with Gasteiger partial charge in [0.2, 0.25) is 0 Å². The molecule has 1 heterocycles. The van der Waals surface area contributed by atoms with Gasteiger partial charge in [0.25, 0.3) is 5.91 Å². The first-order valence-electron chi connectivity index (χ1n) is 5.97. The maximum absolute atomic E-state index is 11.4. The molecule has 7 heteroatoms. The summed E-state index contributed by atoms with van der Waals surface area (Å²) in [6, 6.07) is 5.52. The summed E-state index contributed by atoms with van der Waals surface area (Å²) in [5.41, 5.74) is 2.93. The lowest BCUT2D eigenvalue weighted by Gasteiger charge is -2.09. The van der Waals surface area contributed by atoms with Gasteiger partial charge in [0, 0.05) is 5.56 Å². The molecule has 3 N–H and O–H groups in total. The summed E-state index contributed by atoms with van der Waals surface area (Å²) in [5.74, 6) is 6.04. The van der Waals surface area contributed by atoms with Crippen molar-refractivity contribution >= 4 is 17.2 Å². The van der Waals surface area contributed by atoms with Gasteiger partial charge in [-0.15, -0.1) is 11.3 Å². The topological polar surface area (TPSA) is 86.5 Å². The Morgan fingerprint density at radius 3 is 2.90 bits per heavy atom. The van der Waals surface area contributed by atoms with Crippen molar-refractivity contribution in [3.8, 4) is 22.1 Å². The van der Waals surface area contributed by atoms with Crippen LogP contribution in [0.5, 0.6) is 11.5 Å². The first kappa shape index (κ1) is 14.3. The van der Waals surface area contributed by atoms with Crippen molar-refractivity contribution in [3.05, 3.63) is 29.3 Å². The number of nitrogens with two attached hydrogens (primary N) is 1. The standard InChI is InChI=1S/C13H15N3O3S/c1-3-19-9-5-4-8(6-10(9)18-2)13-15-7-11(20-13)12(17)16-14/h4-7H,3,14H2,1-2H3,(H,16,17). The molecule has 0 radical (unpaired) electrons. The van der Waals surface area contributed by atoms with E-state index in [2.05, 4.69) is 10.4 Å². The SMILES string of the molecule is CCOc1ccc(-c2ncc(C(=O)NN)s2)cc1OC. The molecule has 0 saturated heterocycles. The Bertz CT molecular complexity index is 613. The fourth-order valence-corrected chi connectivity index (χ4v) is 2.47. The number of carbonyl (C=O) groups is 1. The van der Waals surface area contributed by atoms with E-state index in [1.54, 1.807) is 7.11 Å². The van der Waals surface area contributed by atoms with Crippen molar-refractivity contribution in [2.75, 3.05) is 13.7 Å². The van der Waals surface area contributed by atoms with Gasteiger partial charge in [-0.1, -0.05) is 0 Å². The maximum Gasteiger partial charge on any atom is 0.276 e. The summed E-state index contributed by atoms with van der Waals surface area (Å²) in [6.45, 7) is 2.47. The summed E-state index contributed by atoms with van der Waals surface area (Å²) in [7, 11) is 1.58. The fourth-order valence-electron chi connectivity index (χ4n) is 1.66. The highest BCUT2D eigenvalue weighted by atomic mass is 32.1. The van der Waals surface area contributed by atoms with Gasteiger partial charge in [-0.3, -0.25) is 10.2 Å². The number of thiazole rings is 1. The summed E-state index contributed by atoms with van der Waals surface area (Å²) < 4.78 is 10.7. The van der Waals surface area contributed by atoms with E-state index in [1.165, 1.54) is 17.5 Å². The third-order valence-electron chi connectivity index (χ3n) is 2.57. The predicted octanol–water partition coefficient (Wildman–Crippen LogP) is 1.82. The number of aromatic nitrogens is 1. The van der Waals surface area contributed by atoms with E-state index in [-0.39, 0.29) is 5.91 Å². The van der Waals surface area contributed by atoms with Crippen molar-refractivity contribution in [3.63, 3.8) is 0 Å². The van der Waals surface area contributed by atoms with E-state index in [0.29, 0.717) is 28.0 Å². The number of nitrogens with zero attached hydrogens (tertiary/aromatic N) is 1. The Kier molecular flexibility index (Phi) is 4.54. The van der Waals surface area contributed by atoms with E-state index >= 15 is 0 Å². The van der Waals surface area contributed by atoms with Crippen LogP contribution in [0.15, 0.2) is 24.4 Å². The summed E-state index contributed by atoms with van der Waals surface area (Å²) in [6.07, 6.45) is 1.49. The number of nitrogens with one attached hydrogen (secondary N) is 1. The number of rotatable bonds is 5. The zero-order chi connectivity index (χ0) is 14.5. The second kappa shape index (κ2) is 6.36. The smallest absolute Gasteiger partial charge is 0.276 e. The predicted molar refractivity (Wildman–Crippen MR) is 76.9 cm³/mol. The Morgan fingerprint density at radius 1 is 1.45 bits per heavy atom. The summed E-state index contributed by atoms with van der Waals surface area (Å²) in [5, 5.41) is 0.713. The van der Waals surface area contributed by atoms with E-state index in [0.717, 1.165) is 5.56 Å². The van der Waals surface area contributed by atoms with Crippen LogP contribution in [-0.2, 0) is 0 Å². The maximum atomic E-state index is 11.4. The summed E-state index contributed by atoms with van der Waals surface area (Å²) in [4.78, 5) is 16.1. The van der Waals surface area contributed by atoms with Crippen LogP contribution in [0, 0.1) is 0 Å². The number of nitrogen functional groups attached to an aromatic ring is 1. The molecule has 0 aliphatic heterocycles. The number of hydrazine groups is 1. The second-order valence-corrected chi connectivity index (χ2v) is 4.83. The number of benzene rings is 1. The van der Waals surface area contributed by atoms with E-state index in [4.69, 9.17) is 15.3 Å². The quantitative estimate of drug-likeness (QED) is 0.499. The fraction of sp³-hybridized carbons (Fsp3) is 0.231. The van der Waals surface area contributed by atoms with Crippen LogP contribution >= 0.6 is 11.3 Å². The highest BCUT2D eigenvalue weighted by Gasteiger charge is 2.12. The van der Waals surface area contributed by atoms with Gasteiger partial charge in [0.1, 0.15) is 9.88 Å². The third-order valence-corrected chi connectivity index (χ3v) is 3.62. The molecular weight excluding hydrogens is 278 g/mol. The minimum atomic E-state index is -0.355. The Morgan fingerprint density at radius 2 is 2.25 bits per heavy atom. The second-order valence-electron chi connectivity index (χ2n) is 3.80. The van der Waals surface area contributed by atoms with Crippen molar-refractivity contribution in [1.82, 2.24) is 10.4 Å². The van der Waals surface area contributed by atoms with Crippen LogP contribution in [0.4, 0.5) is 0 Å². The van der Waals surface area contributed by atoms with Crippen molar-refractivity contribution in [2.45, 2.75) is 6.92 Å². The molecule has 0 aliphatic carbocycles. The lowest BCUT2D eigenvalue weighted by molar-refractivity contribution is 0.0957. The molecule has 20 heavy (non-hydrogen) atoms. The van der Waals surface area contributed by atoms with Crippen molar-refractivity contribution in [2.24, 2.45) is 5.84 Å². The minimum Gasteiger partial charge on any atom is -0.493 e. The average molecular weight is 293 g/mol. The van der Waals surface area contributed by atoms with E-state index < -0.39 is 0 Å². The minimum absolute atomic E-state index is 0.355. The third kappa shape index (κ3) is 2.89. The first-order chi connectivity index (χ1) is 9.69. The molecule has 0 unspecified atom stereocenters. The van der Waals surface area contributed by atoms with Crippen LogP contribution in [0.1, 0.15) is 16.6 Å². The lowest BCUT2D eigenvalue weighted by atomic mass is 10.2. The molecule has 1 aromatic heterocycles. The van der Waals surface area contributed by atoms with Crippen molar-refractivity contribution < 1.29 is 14.3 Å². The van der Waals surface area contributed by atoms with Crippen LogP contribution in [0.25, 0.3) is 10.6 Å². The number of amides is 1. The molecular formula is C13H15N3O3S. The average Bonchev–Trinajstić information content (AvgIpc) is 2.97. The lowest BCUT2D eigenvalue weighted by Crippen LogP contribution is -2.29. The van der Waals surface area contributed by atoms with Gasteiger partial charge in [0.15, 0.2) is 11.5 Å². The molecule has 0 spiro atoms. The number of hydrogen-bond donors (Lipinski definition) is 2. The molecule has 0 saturated carbocycles. The van der Waals surface area contributed by atoms with E-state index in [9.17, 15) is 4.79 Å². The molecule has 106 valence electrons. The highest BCUT2D eigenvalue weighted by Crippen LogP contribution is 2.34.